The van der Waals surface area contributed by atoms with Gasteiger partial charge < -0.3 is 0 Å². The minimum absolute atomic E-state index is 0.685. The zero-order valence-corrected chi connectivity index (χ0v) is 8.96. The Morgan fingerprint density at radius 3 is 3.00 bits per heavy atom. The highest BCUT2D eigenvalue weighted by Crippen LogP contribution is 2.11. The summed E-state index contributed by atoms with van der Waals surface area (Å²) in [7, 11) is 0. The van der Waals surface area contributed by atoms with Gasteiger partial charge in [-0.15, -0.1) is 0 Å². The Balaban J connectivity index is 2.03. The topological polar surface area (TPSA) is 36.7 Å². The molecule has 0 bridgehead atoms. The van der Waals surface area contributed by atoms with E-state index in [1.54, 1.807) is 0 Å². The maximum Gasteiger partial charge on any atom is 0.0621 e. The van der Waals surface area contributed by atoms with E-state index in [9.17, 15) is 0 Å². The predicted octanol–water partition coefficient (Wildman–Crippen LogP) is 3.01. The molecule has 0 aliphatic heterocycles. The first-order chi connectivity index (χ1) is 6.93. The number of hydrogen-bond acceptors (Lipinski definition) is 3. The van der Waals surface area contributed by atoms with Crippen molar-refractivity contribution in [3.8, 4) is 6.07 Å². The highest BCUT2D eigenvalue weighted by molar-refractivity contribution is 7.98. The van der Waals surface area contributed by atoms with Crippen LogP contribution in [0, 0.1) is 11.3 Å². The van der Waals surface area contributed by atoms with E-state index < -0.39 is 0 Å². The smallest absolute Gasteiger partial charge is 0.0621 e. The summed E-state index contributed by atoms with van der Waals surface area (Å²) in [5.41, 5.74) is 1.14. The Hall–Kier alpha value is -1.01. The maximum atomic E-state index is 8.33. The molecule has 0 radical (unpaired) electrons. The number of nitriles is 1. The van der Waals surface area contributed by atoms with Crippen molar-refractivity contribution < 1.29 is 0 Å². The predicted molar refractivity (Wildman–Crippen MR) is 59.9 cm³/mol. The van der Waals surface area contributed by atoms with Crippen molar-refractivity contribution in [3.05, 3.63) is 30.1 Å². The maximum absolute atomic E-state index is 8.33. The van der Waals surface area contributed by atoms with Crippen LogP contribution in [-0.4, -0.2) is 10.7 Å². The van der Waals surface area contributed by atoms with Gasteiger partial charge in [0.2, 0.25) is 0 Å². The summed E-state index contributed by atoms with van der Waals surface area (Å²) >= 11 is 1.88. The van der Waals surface area contributed by atoms with Gasteiger partial charge in [-0.05, 0) is 30.7 Å². The van der Waals surface area contributed by atoms with Crippen molar-refractivity contribution in [1.82, 2.24) is 4.98 Å². The second-order valence-corrected chi connectivity index (χ2v) is 4.09. The fraction of sp³-hybridized carbons (Fsp3) is 0.455. The van der Waals surface area contributed by atoms with Gasteiger partial charge in [-0.25, -0.2) is 0 Å². The second kappa shape index (κ2) is 7.40. The van der Waals surface area contributed by atoms with E-state index in [4.69, 9.17) is 5.26 Å². The summed E-state index contributed by atoms with van der Waals surface area (Å²) in [6.45, 7) is 0. The van der Waals surface area contributed by atoms with Crippen LogP contribution in [-0.2, 0) is 5.75 Å². The van der Waals surface area contributed by atoms with E-state index in [2.05, 4.69) is 11.1 Å². The summed E-state index contributed by atoms with van der Waals surface area (Å²) in [5.74, 6) is 2.10. The van der Waals surface area contributed by atoms with E-state index in [1.165, 1.54) is 0 Å². The zero-order chi connectivity index (χ0) is 10.1. The van der Waals surface area contributed by atoms with Crippen molar-refractivity contribution in [3.63, 3.8) is 0 Å². The van der Waals surface area contributed by atoms with Gasteiger partial charge in [0, 0.05) is 18.4 Å². The Morgan fingerprint density at radius 2 is 2.29 bits per heavy atom. The van der Waals surface area contributed by atoms with Crippen LogP contribution in [0.3, 0.4) is 0 Å². The average Bonchev–Trinajstić information content (AvgIpc) is 2.25. The molecule has 0 atom stereocenters. The van der Waals surface area contributed by atoms with Gasteiger partial charge >= 0.3 is 0 Å². The number of aromatic nitrogens is 1. The summed E-state index contributed by atoms with van der Waals surface area (Å²) in [6.07, 6.45) is 4.66. The molecule has 0 spiro atoms. The third-order valence-corrected chi connectivity index (χ3v) is 2.88. The molecule has 1 aromatic heterocycles. The SMILES string of the molecule is N#CCCCCSCc1ccccn1. The van der Waals surface area contributed by atoms with Crippen LogP contribution >= 0.6 is 11.8 Å². The first-order valence-electron chi connectivity index (χ1n) is 4.78. The van der Waals surface area contributed by atoms with Crippen molar-refractivity contribution in [2.75, 3.05) is 5.75 Å². The number of unbranched alkanes of at least 4 members (excludes halogenated alkanes) is 2. The Kier molecular flexibility index (Phi) is 5.85. The van der Waals surface area contributed by atoms with Crippen molar-refractivity contribution >= 4 is 11.8 Å². The Bertz CT molecular complexity index is 279. The summed E-state index contributed by atoms with van der Waals surface area (Å²) in [4.78, 5) is 4.24. The normalized spacial score (nSPS) is 9.64. The van der Waals surface area contributed by atoms with Gasteiger partial charge in [0.1, 0.15) is 0 Å². The number of hydrogen-bond donors (Lipinski definition) is 0. The van der Waals surface area contributed by atoms with Gasteiger partial charge in [-0.3, -0.25) is 4.98 Å². The fourth-order valence-electron chi connectivity index (χ4n) is 1.07. The van der Waals surface area contributed by atoms with E-state index in [0.717, 1.165) is 30.0 Å². The average molecular weight is 206 g/mol. The number of rotatable bonds is 6. The Morgan fingerprint density at radius 1 is 1.36 bits per heavy atom. The molecular formula is C11H14N2S. The largest absolute Gasteiger partial charge is 0.260 e. The van der Waals surface area contributed by atoms with Crippen LogP contribution in [0.25, 0.3) is 0 Å². The first-order valence-corrected chi connectivity index (χ1v) is 5.93. The molecule has 0 saturated carbocycles. The molecule has 0 fully saturated rings. The Labute approximate surface area is 89.4 Å². The quantitative estimate of drug-likeness (QED) is 0.671. The summed E-state index contributed by atoms with van der Waals surface area (Å²) < 4.78 is 0. The molecule has 0 saturated heterocycles. The standard InChI is InChI=1S/C11H14N2S/c12-7-3-1-5-9-14-10-11-6-2-4-8-13-11/h2,4,6,8H,1,3,5,9-10H2. The van der Waals surface area contributed by atoms with E-state index in [0.29, 0.717) is 6.42 Å². The van der Waals surface area contributed by atoms with Crippen LogP contribution in [0.5, 0.6) is 0 Å². The molecule has 0 aliphatic carbocycles. The fourth-order valence-corrected chi connectivity index (χ4v) is 2.00. The zero-order valence-electron chi connectivity index (χ0n) is 8.15. The third-order valence-electron chi connectivity index (χ3n) is 1.80. The molecule has 14 heavy (non-hydrogen) atoms. The van der Waals surface area contributed by atoms with Gasteiger partial charge in [0.25, 0.3) is 0 Å². The lowest BCUT2D eigenvalue weighted by atomic mass is 10.3. The molecular weight excluding hydrogens is 192 g/mol. The van der Waals surface area contributed by atoms with Crippen LogP contribution in [0.15, 0.2) is 24.4 Å². The van der Waals surface area contributed by atoms with E-state index >= 15 is 0 Å². The van der Waals surface area contributed by atoms with Crippen molar-refractivity contribution in [2.45, 2.75) is 25.0 Å². The van der Waals surface area contributed by atoms with Gasteiger partial charge in [-0.1, -0.05) is 6.07 Å². The highest BCUT2D eigenvalue weighted by atomic mass is 32.2. The van der Waals surface area contributed by atoms with E-state index in [-0.39, 0.29) is 0 Å². The monoisotopic (exact) mass is 206 g/mol. The molecule has 74 valence electrons. The molecule has 1 aromatic rings. The first kappa shape index (κ1) is 11.1. The molecule has 1 rings (SSSR count). The molecule has 1 heterocycles. The van der Waals surface area contributed by atoms with Gasteiger partial charge in [-0.2, -0.15) is 17.0 Å². The second-order valence-electron chi connectivity index (χ2n) is 2.99. The number of nitrogens with zero attached hydrogens (tertiary/aromatic N) is 2. The number of thioether (sulfide) groups is 1. The summed E-state index contributed by atoms with van der Waals surface area (Å²) in [6, 6.07) is 8.14. The van der Waals surface area contributed by atoms with Gasteiger partial charge in [0.05, 0.1) is 11.8 Å². The molecule has 0 aliphatic rings. The van der Waals surface area contributed by atoms with Crippen LogP contribution in [0.2, 0.25) is 0 Å². The minimum atomic E-state index is 0.685. The molecule has 2 nitrogen and oxygen atoms in total. The molecule has 0 N–H and O–H groups in total. The van der Waals surface area contributed by atoms with Crippen molar-refractivity contribution in [2.24, 2.45) is 0 Å². The van der Waals surface area contributed by atoms with E-state index in [1.807, 2.05) is 36.2 Å². The van der Waals surface area contributed by atoms with Crippen LogP contribution in [0.4, 0.5) is 0 Å². The third kappa shape index (κ3) is 4.88. The lowest BCUT2D eigenvalue weighted by Gasteiger charge is -1.99. The molecule has 0 aromatic carbocycles. The lowest BCUT2D eigenvalue weighted by molar-refractivity contribution is 0.830. The lowest BCUT2D eigenvalue weighted by Crippen LogP contribution is -1.86. The van der Waals surface area contributed by atoms with Crippen molar-refractivity contribution in [1.29, 1.82) is 5.26 Å². The number of pyridine rings is 1. The molecule has 0 unspecified atom stereocenters. The molecule has 0 amide bonds. The van der Waals surface area contributed by atoms with Crippen LogP contribution in [0.1, 0.15) is 25.0 Å². The summed E-state index contributed by atoms with van der Waals surface area (Å²) in [5, 5.41) is 8.33. The highest BCUT2D eigenvalue weighted by Gasteiger charge is 1.93. The van der Waals surface area contributed by atoms with Gasteiger partial charge in [0.15, 0.2) is 0 Å². The minimum Gasteiger partial charge on any atom is -0.260 e. The molecule has 3 heteroatoms. The van der Waals surface area contributed by atoms with Crippen LogP contribution < -0.4 is 0 Å².